The Morgan fingerprint density at radius 3 is 2.24 bits per heavy atom. The Hall–Kier alpha value is -2.35. The molecule has 0 fully saturated rings. The molecule has 8 heteroatoms. The largest absolute Gasteiger partial charge is 0.430 e. The van der Waals surface area contributed by atoms with Crippen molar-refractivity contribution in [2.45, 2.75) is 71.4 Å². The van der Waals surface area contributed by atoms with Crippen molar-refractivity contribution in [1.82, 2.24) is 4.98 Å². The molecule has 0 amide bonds. The lowest BCUT2D eigenvalue weighted by Gasteiger charge is -2.23. The summed E-state index contributed by atoms with van der Waals surface area (Å²) in [4.78, 5) is 7.52. The van der Waals surface area contributed by atoms with Gasteiger partial charge in [0.2, 0.25) is 0 Å². The van der Waals surface area contributed by atoms with Crippen LogP contribution in [0.4, 0.5) is 18.2 Å². The zero-order valence-electron chi connectivity index (χ0n) is 19.5. The van der Waals surface area contributed by atoms with Gasteiger partial charge in [0.1, 0.15) is 5.70 Å². The Bertz CT molecular complexity index is 893. The third kappa shape index (κ3) is 8.84. The van der Waals surface area contributed by atoms with Crippen LogP contribution in [-0.4, -0.2) is 30.0 Å². The maximum atomic E-state index is 12.7. The fraction of sp³-hybridized carbons (Fsp3) is 0.520. The van der Waals surface area contributed by atoms with E-state index < -0.39 is 11.9 Å². The van der Waals surface area contributed by atoms with Crippen LogP contribution in [0.3, 0.4) is 0 Å². The molecule has 0 bridgehead atoms. The van der Waals surface area contributed by atoms with Crippen molar-refractivity contribution in [3.8, 4) is 10.4 Å². The lowest BCUT2D eigenvalue weighted by molar-refractivity contribution is -0.0925. The molecule has 0 aliphatic carbocycles. The Labute approximate surface area is 199 Å². The van der Waals surface area contributed by atoms with E-state index >= 15 is 0 Å². The topological polar surface area (TPSA) is 66.0 Å². The van der Waals surface area contributed by atoms with Crippen LogP contribution in [0.5, 0.6) is 0 Å². The van der Waals surface area contributed by atoms with Crippen LogP contribution in [-0.2, 0) is 0 Å². The van der Waals surface area contributed by atoms with E-state index in [1.165, 1.54) is 62.6 Å². The third-order valence-electron chi connectivity index (χ3n) is 5.41. The smallest absolute Gasteiger partial charge is 0.395 e. The van der Waals surface area contributed by atoms with Gasteiger partial charge in [-0.15, -0.1) is 11.3 Å². The van der Waals surface area contributed by atoms with Gasteiger partial charge in [-0.25, -0.2) is 0 Å². The van der Waals surface area contributed by atoms with E-state index in [1.807, 2.05) is 12.1 Å². The first-order valence-electron chi connectivity index (χ1n) is 11.7. The highest BCUT2D eigenvalue weighted by Gasteiger charge is 2.31. The molecular weight excluding hydrogens is 445 g/mol. The third-order valence-corrected chi connectivity index (χ3v) is 6.61. The normalized spacial score (nSPS) is 12.2. The van der Waals surface area contributed by atoms with Gasteiger partial charge in [-0.1, -0.05) is 52.4 Å². The molecule has 3 N–H and O–H groups in total. The molecule has 2 aromatic rings. The van der Waals surface area contributed by atoms with E-state index in [-0.39, 0.29) is 11.4 Å². The van der Waals surface area contributed by atoms with Crippen molar-refractivity contribution >= 4 is 22.0 Å². The van der Waals surface area contributed by atoms with Crippen LogP contribution < -0.4 is 10.6 Å². The summed E-state index contributed by atoms with van der Waals surface area (Å²) in [7, 11) is 0. The maximum absolute atomic E-state index is 12.7. The Morgan fingerprint density at radius 2 is 1.67 bits per heavy atom. The highest BCUT2D eigenvalue weighted by Crippen LogP contribution is 2.34. The van der Waals surface area contributed by atoms with Gasteiger partial charge >= 0.3 is 6.18 Å². The first-order chi connectivity index (χ1) is 15.8. The number of unbranched alkanes of at least 4 members (excludes halogenated alkanes) is 6. The number of pyridine rings is 1. The van der Waals surface area contributed by atoms with Crippen LogP contribution in [0, 0.1) is 5.41 Å². The minimum Gasteiger partial charge on any atom is -0.395 e. The van der Waals surface area contributed by atoms with Crippen LogP contribution in [0.25, 0.3) is 10.4 Å². The molecule has 2 rings (SSSR count). The van der Waals surface area contributed by atoms with E-state index in [2.05, 4.69) is 29.8 Å². The number of nitrogens with two attached hydrogens (primary N) is 1. The molecule has 0 aliphatic rings. The number of aromatic nitrogens is 1. The number of anilines is 1. The Morgan fingerprint density at radius 1 is 1.03 bits per heavy atom. The van der Waals surface area contributed by atoms with Crippen molar-refractivity contribution in [1.29, 1.82) is 5.41 Å². The lowest BCUT2D eigenvalue weighted by Crippen LogP contribution is -2.24. The number of alkyl halides is 3. The average molecular weight is 481 g/mol. The van der Waals surface area contributed by atoms with Crippen molar-refractivity contribution in [3.05, 3.63) is 47.9 Å². The van der Waals surface area contributed by atoms with Gasteiger partial charge < -0.3 is 10.6 Å². The SMILES string of the molecule is CCCCCCN(CCCCCC)c1ccc(-c2ccnc(C(=N)C=C(N)C(F)(F)F)c2)s1. The monoisotopic (exact) mass is 480 g/mol. The van der Waals surface area contributed by atoms with Gasteiger partial charge in [-0.3, -0.25) is 10.4 Å². The number of allylic oxidation sites excluding steroid dienone is 2. The Balaban J connectivity index is 2.16. The van der Waals surface area contributed by atoms with Gasteiger partial charge in [0.15, 0.2) is 0 Å². The summed E-state index contributed by atoms with van der Waals surface area (Å²) in [6, 6.07) is 7.61. The molecule has 0 radical (unpaired) electrons. The molecule has 0 aromatic carbocycles. The molecule has 0 atom stereocenters. The predicted molar refractivity (Wildman–Crippen MR) is 133 cm³/mol. The predicted octanol–water partition coefficient (Wildman–Crippen LogP) is 7.55. The summed E-state index contributed by atoms with van der Waals surface area (Å²) in [5.41, 5.74) is 4.38. The van der Waals surface area contributed by atoms with Gasteiger partial charge in [-0.05, 0) is 48.7 Å². The quantitative estimate of drug-likeness (QED) is 0.217. The average Bonchev–Trinajstić information content (AvgIpc) is 3.27. The highest BCUT2D eigenvalue weighted by molar-refractivity contribution is 7.19. The number of hydrogen-bond donors (Lipinski definition) is 2. The number of nitrogens with zero attached hydrogens (tertiary/aromatic N) is 2. The first-order valence-corrected chi connectivity index (χ1v) is 12.5. The Kier molecular flexibility index (Phi) is 10.9. The molecule has 0 spiro atoms. The second-order valence-corrected chi connectivity index (χ2v) is 9.25. The highest BCUT2D eigenvalue weighted by atomic mass is 32.1. The van der Waals surface area contributed by atoms with Gasteiger partial charge in [0, 0.05) is 24.2 Å². The van der Waals surface area contributed by atoms with Crippen molar-refractivity contribution in [3.63, 3.8) is 0 Å². The molecule has 182 valence electrons. The summed E-state index contributed by atoms with van der Waals surface area (Å²) in [6.45, 7) is 6.48. The van der Waals surface area contributed by atoms with Crippen LogP contribution >= 0.6 is 11.3 Å². The fourth-order valence-electron chi connectivity index (χ4n) is 3.49. The van der Waals surface area contributed by atoms with Crippen LogP contribution in [0.1, 0.15) is 70.9 Å². The molecule has 2 aromatic heterocycles. The fourth-order valence-corrected chi connectivity index (χ4v) is 4.54. The van der Waals surface area contributed by atoms with Crippen molar-refractivity contribution < 1.29 is 13.2 Å². The number of hydrogen-bond acceptors (Lipinski definition) is 5. The summed E-state index contributed by atoms with van der Waals surface area (Å²) in [6.07, 6.45) is 7.17. The molecule has 33 heavy (non-hydrogen) atoms. The second kappa shape index (κ2) is 13.4. The lowest BCUT2D eigenvalue weighted by atomic mass is 10.1. The molecule has 4 nitrogen and oxygen atoms in total. The van der Waals surface area contributed by atoms with E-state index in [4.69, 9.17) is 11.1 Å². The molecule has 0 saturated carbocycles. The van der Waals surface area contributed by atoms with Crippen molar-refractivity contribution in [2.24, 2.45) is 5.73 Å². The standard InChI is InChI=1S/C25H35F3N4S/c1-3-5-7-9-15-32(16-10-8-6-4-2)24-12-11-22(33-24)19-13-14-31-21(17-19)20(29)18-23(30)25(26,27)28/h11-14,17-18,29H,3-10,15-16,30H2,1-2H3. The van der Waals surface area contributed by atoms with Crippen molar-refractivity contribution in [2.75, 3.05) is 18.0 Å². The minimum atomic E-state index is -4.66. The number of thiophene rings is 1. The summed E-state index contributed by atoms with van der Waals surface area (Å²) >= 11 is 1.67. The summed E-state index contributed by atoms with van der Waals surface area (Å²) < 4.78 is 38.1. The summed E-state index contributed by atoms with van der Waals surface area (Å²) in [5.74, 6) is 0. The first kappa shape index (κ1) is 26.9. The molecule has 2 heterocycles. The number of halogens is 3. The number of nitrogens with one attached hydrogen (secondary N) is 1. The molecule has 0 saturated heterocycles. The summed E-state index contributed by atoms with van der Waals surface area (Å²) in [5, 5.41) is 9.17. The minimum absolute atomic E-state index is 0.158. The van der Waals surface area contributed by atoms with Gasteiger partial charge in [0.25, 0.3) is 0 Å². The van der Waals surface area contributed by atoms with Crippen LogP contribution in [0.2, 0.25) is 0 Å². The molecular formula is C25H35F3N4S. The van der Waals surface area contributed by atoms with E-state index in [0.717, 1.165) is 23.5 Å². The zero-order valence-corrected chi connectivity index (χ0v) is 20.4. The van der Waals surface area contributed by atoms with E-state index in [1.54, 1.807) is 17.4 Å². The van der Waals surface area contributed by atoms with Gasteiger partial charge in [0.05, 0.1) is 16.4 Å². The number of rotatable bonds is 14. The zero-order chi connectivity index (χ0) is 24.3. The maximum Gasteiger partial charge on any atom is 0.430 e. The van der Waals surface area contributed by atoms with Gasteiger partial charge in [-0.2, -0.15) is 13.2 Å². The van der Waals surface area contributed by atoms with Crippen LogP contribution in [0.15, 0.2) is 42.2 Å². The molecule has 0 aliphatic heterocycles. The van der Waals surface area contributed by atoms with E-state index in [0.29, 0.717) is 6.08 Å². The van der Waals surface area contributed by atoms with E-state index in [9.17, 15) is 13.2 Å². The second-order valence-electron chi connectivity index (χ2n) is 8.19. The molecule has 0 unspecified atom stereocenters.